The number of hydrogen-bond donors (Lipinski definition) is 15. The second kappa shape index (κ2) is 33.9. The van der Waals surface area contributed by atoms with Gasteiger partial charge in [-0.2, -0.15) is 23.5 Å². The number of amides is 9. The Kier molecular flexibility index (Phi) is 27.6. The number of carboxylic acids is 2. The van der Waals surface area contributed by atoms with Gasteiger partial charge in [-0.05, 0) is 86.5 Å². The van der Waals surface area contributed by atoms with E-state index in [1.165, 1.54) is 40.9 Å². The molecular weight excluding hydrogens is 1120 g/mol. The van der Waals surface area contributed by atoms with E-state index in [1.807, 2.05) is 12.3 Å². The monoisotopic (exact) mass is 1200 g/mol. The number of benzene rings is 1. The van der Waals surface area contributed by atoms with E-state index in [2.05, 4.69) is 57.2 Å². The molecule has 0 bridgehead atoms. The number of primary amides is 1. The molecule has 29 nitrogen and oxygen atoms in total. The fourth-order valence-electron chi connectivity index (χ4n) is 9.04. The molecule has 9 amide bonds. The van der Waals surface area contributed by atoms with E-state index in [4.69, 9.17) is 22.9 Å². The van der Waals surface area contributed by atoms with E-state index in [1.54, 1.807) is 44.5 Å². The SMILES string of the molecule is CSCC[C@H](NC(=O)[C@@H](NC(=O)[C@H](CC(=O)O)NC(=O)[C@H](CCCN=C(N)N)NC(=O)[C@@H](N)CCSC)C(C)C)C(=O)N1CCC[C@H]1C(=O)N[C@@H](CCC(N)=O)C(=O)N[C@@H](Cc1cnc[nH]1)C(=O)N[C@@H](Cc1c[nH]c2ccccc12)C(=O)O. The molecule has 3 aromatic rings. The topological polar surface area (TPSA) is 477 Å². The standard InChI is InChI=1S/C52H78N16O13S2/c1-27(2)42(67-47(76)37(23-41(70)71)65-44(73)33(11-7-17-58-52(55)56)61-43(72)31(53)15-19-82-3)49(78)63-35(16-20-83-4)50(79)68-18-8-12-39(68)48(77)62-34(13-14-40(54)69)45(74)64-36(22-29-25-57-26-60-29)46(75)66-38(51(80)81)21-28-24-59-32-10-6-5-9-30(28)32/h5-6,9-10,24-27,31,33-39,42,59H,7-8,11-23,53H2,1-4H3,(H2,54,69)(H,57,60)(H,61,72)(H,62,77)(H,63,78)(H,64,74)(H,65,73)(H,66,75)(H,67,76)(H,70,71)(H,80,81)(H4,55,56,58)/t31-,33-,34-,35-,36-,37-,38-,39-,42-/m0/s1. The molecule has 0 aliphatic carbocycles. The largest absolute Gasteiger partial charge is 0.481 e. The van der Waals surface area contributed by atoms with Crippen molar-refractivity contribution in [1.29, 1.82) is 0 Å². The van der Waals surface area contributed by atoms with E-state index < -0.39 is 138 Å². The molecule has 1 aliphatic rings. The van der Waals surface area contributed by atoms with Crippen LogP contribution in [0.1, 0.15) is 82.9 Å². The zero-order valence-corrected chi connectivity index (χ0v) is 48.4. The Bertz CT molecular complexity index is 2760. The van der Waals surface area contributed by atoms with Gasteiger partial charge in [-0.25, -0.2) is 9.78 Å². The summed E-state index contributed by atoms with van der Waals surface area (Å²) in [6, 6.07) is -5.20. The maximum atomic E-state index is 14.6. The molecule has 9 atom stereocenters. The van der Waals surface area contributed by atoms with Gasteiger partial charge in [-0.15, -0.1) is 0 Å². The zero-order valence-electron chi connectivity index (χ0n) is 46.8. The highest BCUT2D eigenvalue weighted by Gasteiger charge is 2.41. The third kappa shape index (κ3) is 21.7. The van der Waals surface area contributed by atoms with Gasteiger partial charge in [0.1, 0.15) is 48.3 Å². The number of thioether (sulfide) groups is 2. The number of likely N-dealkylation sites (tertiary alicyclic amines) is 1. The number of carbonyl (C=O) groups is 11. The molecule has 4 rings (SSSR count). The number of H-pyrrole nitrogens is 2. The first-order chi connectivity index (χ1) is 39.4. The van der Waals surface area contributed by atoms with E-state index >= 15 is 0 Å². The molecule has 1 aromatic carbocycles. The minimum absolute atomic E-state index is 0.0385. The number of nitrogens with one attached hydrogen (secondary N) is 9. The molecule has 31 heteroatoms. The number of aromatic amines is 2. The van der Waals surface area contributed by atoms with Crippen LogP contribution in [0, 0.1) is 5.92 Å². The van der Waals surface area contributed by atoms with Gasteiger partial charge >= 0.3 is 11.9 Å². The third-order valence-electron chi connectivity index (χ3n) is 13.5. The molecule has 0 spiro atoms. The van der Waals surface area contributed by atoms with Crippen molar-refractivity contribution in [2.45, 2.75) is 139 Å². The van der Waals surface area contributed by atoms with Crippen molar-refractivity contribution in [2.24, 2.45) is 33.8 Å². The van der Waals surface area contributed by atoms with Crippen molar-refractivity contribution in [3.8, 4) is 0 Å². The summed E-state index contributed by atoms with van der Waals surface area (Å²) in [5.74, 6) is -10.6. The molecule has 1 fully saturated rings. The van der Waals surface area contributed by atoms with Gasteiger partial charge in [0, 0.05) is 61.3 Å². The van der Waals surface area contributed by atoms with Crippen LogP contribution in [0.15, 0.2) is 48.0 Å². The Balaban J connectivity index is 1.52. The lowest BCUT2D eigenvalue weighted by Crippen LogP contribution is -2.61. The third-order valence-corrected chi connectivity index (χ3v) is 14.8. The van der Waals surface area contributed by atoms with E-state index in [0.29, 0.717) is 29.2 Å². The van der Waals surface area contributed by atoms with Crippen molar-refractivity contribution in [1.82, 2.24) is 57.1 Å². The van der Waals surface area contributed by atoms with Gasteiger partial charge in [0.25, 0.3) is 0 Å². The summed E-state index contributed by atoms with van der Waals surface area (Å²) in [6.07, 6.45) is 6.83. The normalized spacial score (nSPS) is 15.9. The van der Waals surface area contributed by atoms with E-state index in [-0.39, 0.29) is 70.4 Å². The molecule has 83 heavy (non-hydrogen) atoms. The fourth-order valence-corrected chi connectivity index (χ4v) is 10.0. The first-order valence-corrected chi connectivity index (χ1v) is 29.7. The smallest absolute Gasteiger partial charge is 0.326 e. The molecule has 2 aromatic heterocycles. The average Bonchev–Trinajstić information content (AvgIpc) is 4.48. The number of aliphatic carboxylic acids is 2. The maximum absolute atomic E-state index is 14.6. The number of para-hydroxylation sites is 1. The number of rotatable bonds is 36. The minimum atomic E-state index is -1.77. The Hall–Kier alpha value is -7.93. The van der Waals surface area contributed by atoms with Crippen LogP contribution in [0.5, 0.6) is 0 Å². The Morgan fingerprint density at radius 2 is 1.34 bits per heavy atom. The molecule has 456 valence electrons. The molecule has 0 radical (unpaired) electrons. The molecule has 19 N–H and O–H groups in total. The van der Waals surface area contributed by atoms with Crippen LogP contribution in [0.25, 0.3) is 10.9 Å². The average molecular weight is 1200 g/mol. The summed E-state index contributed by atoms with van der Waals surface area (Å²) in [5.41, 5.74) is 24.1. The molecular formula is C52H78N16O13S2. The Morgan fingerprint density at radius 3 is 1.96 bits per heavy atom. The van der Waals surface area contributed by atoms with Crippen molar-refractivity contribution in [3.63, 3.8) is 0 Å². The van der Waals surface area contributed by atoms with Crippen LogP contribution in [-0.4, -0.2) is 193 Å². The number of nitrogens with two attached hydrogens (primary N) is 4. The predicted molar refractivity (Wildman–Crippen MR) is 310 cm³/mol. The van der Waals surface area contributed by atoms with Gasteiger partial charge in [-0.1, -0.05) is 32.0 Å². The lowest BCUT2D eigenvalue weighted by Gasteiger charge is -2.31. The first-order valence-electron chi connectivity index (χ1n) is 26.9. The number of guanidine groups is 1. The van der Waals surface area contributed by atoms with Gasteiger partial charge in [-0.3, -0.25) is 52.9 Å². The minimum Gasteiger partial charge on any atom is -0.481 e. The van der Waals surface area contributed by atoms with Crippen LogP contribution < -0.4 is 60.2 Å². The summed E-state index contributed by atoms with van der Waals surface area (Å²) < 4.78 is 0. The maximum Gasteiger partial charge on any atom is 0.326 e. The highest BCUT2D eigenvalue weighted by molar-refractivity contribution is 7.98. The van der Waals surface area contributed by atoms with Crippen molar-refractivity contribution < 1.29 is 63.0 Å². The van der Waals surface area contributed by atoms with E-state index in [0.717, 1.165) is 10.9 Å². The molecule has 0 unspecified atom stereocenters. The number of nitrogens with zero attached hydrogens (tertiary/aromatic N) is 3. The first kappa shape index (κ1) is 67.6. The number of hydrogen-bond acceptors (Lipinski definition) is 16. The quantitative estimate of drug-likeness (QED) is 0.0162. The van der Waals surface area contributed by atoms with Crippen LogP contribution in [0.4, 0.5) is 0 Å². The number of imidazole rings is 1. The summed E-state index contributed by atoms with van der Waals surface area (Å²) in [6.45, 7) is 3.26. The summed E-state index contributed by atoms with van der Waals surface area (Å²) >= 11 is 2.81. The summed E-state index contributed by atoms with van der Waals surface area (Å²) in [4.78, 5) is 164. The van der Waals surface area contributed by atoms with Crippen LogP contribution in [0.2, 0.25) is 0 Å². The van der Waals surface area contributed by atoms with Crippen LogP contribution >= 0.6 is 23.5 Å². The van der Waals surface area contributed by atoms with Crippen molar-refractivity contribution in [2.75, 3.05) is 37.1 Å². The zero-order chi connectivity index (χ0) is 61.3. The number of carbonyl (C=O) groups excluding carboxylic acids is 9. The van der Waals surface area contributed by atoms with Gasteiger partial charge in [0.15, 0.2) is 5.96 Å². The highest BCUT2D eigenvalue weighted by Crippen LogP contribution is 2.22. The highest BCUT2D eigenvalue weighted by atomic mass is 32.2. The number of aliphatic imine (C=N–C) groups is 1. The second-order valence-corrected chi connectivity index (χ2v) is 22.2. The molecule has 3 heterocycles. The fraction of sp³-hybridized carbons (Fsp3) is 0.558. The lowest BCUT2D eigenvalue weighted by atomic mass is 10.0. The number of fused-ring (bicyclic) bond motifs is 1. The number of aromatic nitrogens is 3. The summed E-state index contributed by atoms with van der Waals surface area (Å²) in [5, 5.41) is 38.7. The van der Waals surface area contributed by atoms with Gasteiger partial charge in [0.05, 0.1) is 18.8 Å². The number of carboxylic acid groups (broad SMARTS) is 2. The van der Waals surface area contributed by atoms with Crippen molar-refractivity contribution in [3.05, 3.63) is 54.2 Å². The Labute approximate surface area is 487 Å². The van der Waals surface area contributed by atoms with Crippen LogP contribution in [-0.2, 0) is 65.6 Å². The predicted octanol–water partition coefficient (Wildman–Crippen LogP) is -2.57. The van der Waals surface area contributed by atoms with Gasteiger partial charge in [0.2, 0.25) is 53.2 Å². The Morgan fingerprint density at radius 1 is 0.723 bits per heavy atom. The molecule has 0 saturated carbocycles. The van der Waals surface area contributed by atoms with Gasteiger partial charge < -0.3 is 85.2 Å². The molecule has 1 saturated heterocycles. The van der Waals surface area contributed by atoms with Crippen molar-refractivity contribution >= 4 is 105 Å². The van der Waals surface area contributed by atoms with E-state index in [9.17, 15) is 63.0 Å². The second-order valence-electron chi connectivity index (χ2n) is 20.2. The summed E-state index contributed by atoms with van der Waals surface area (Å²) in [7, 11) is 0. The molecule has 1 aliphatic heterocycles. The van der Waals surface area contributed by atoms with Crippen LogP contribution in [0.3, 0.4) is 0 Å². The lowest BCUT2D eigenvalue weighted by molar-refractivity contribution is -0.143.